The maximum atomic E-state index is 12.8. The first-order chi connectivity index (χ1) is 15.0. The van der Waals surface area contributed by atoms with Gasteiger partial charge in [0.1, 0.15) is 35.3 Å². The molecule has 1 atom stereocenters. The Bertz CT molecular complexity index is 1300. The molecular formula is C24H21NO6. The van der Waals surface area contributed by atoms with Gasteiger partial charge in [-0.3, -0.25) is 4.79 Å². The van der Waals surface area contributed by atoms with E-state index in [1.54, 1.807) is 13.0 Å². The fourth-order valence-corrected chi connectivity index (χ4v) is 4.13. The van der Waals surface area contributed by atoms with Crippen LogP contribution in [0.5, 0.6) is 5.75 Å². The van der Waals surface area contributed by atoms with Gasteiger partial charge in [0.05, 0.1) is 0 Å². The molecule has 1 aliphatic heterocycles. The number of carbonyl (C=O) groups is 2. The van der Waals surface area contributed by atoms with Gasteiger partial charge in [-0.25, -0.2) is 4.79 Å². The van der Waals surface area contributed by atoms with Gasteiger partial charge >= 0.3 is 5.97 Å². The van der Waals surface area contributed by atoms with Crippen molar-refractivity contribution in [3.8, 4) is 5.75 Å². The molecule has 1 amide bonds. The maximum absolute atomic E-state index is 12.8. The summed E-state index contributed by atoms with van der Waals surface area (Å²) in [6.45, 7) is 2.41. The van der Waals surface area contributed by atoms with Crippen LogP contribution in [0.2, 0.25) is 0 Å². The number of hydrogen-bond acceptors (Lipinski definition) is 5. The molecule has 158 valence electrons. The Morgan fingerprint density at radius 3 is 2.74 bits per heavy atom. The van der Waals surface area contributed by atoms with Crippen LogP contribution in [0.25, 0.3) is 21.9 Å². The Morgan fingerprint density at radius 1 is 1.10 bits per heavy atom. The minimum absolute atomic E-state index is 0.139. The molecular weight excluding hydrogens is 398 g/mol. The van der Waals surface area contributed by atoms with Crippen molar-refractivity contribution in [1.29, 1.82) is 0 Å². The number of benzene rings is 2. The Labute approximate surface area is 177 Å². The average molecular weight is 419 g/mol. The lowest BCUT2D eigenvalue weighted by Crippen LogP contribution is -2.40. The van der Waals surface area contributed by atoms with Crippen molar-refractivity contribution in [2.45, 2.75) is 32.4 Å². The molecule has 0 bridgehead atoms. The van der Waals surface area contributed by atoms with Gasteiger partial charge < -0.3 is 23.6 Å². The van der Waals surface area contributed by atoms with Gasteiger partial charge in [-0.15, -0.1) is 0 Å². The lowest BCUT2D eigenvalue weighted by Gasteiger charge is -2.19. The van der Waals surface area contributed by atoms with E-state index in [1.807, 2.05) is 42.5 Å². The highest BCUT2D eigenvalue weighted by molar-refractivity contribution is 6.05. The summed E-state index contributed by atoms with van der Waals surface area (Å²) in [7, 11) is 0. The molecule has 7 nitrogen and oxygen atoms in total. The number of nitrogens with zero attached hydrogens (tertiary/aromatic N) is 1. The number of para-hydroxylation sites is 1. The summed E-state index contributed by atoms with van der Waals surface area (Å²) in [6.07, 6.45) is 1.13. The molecule has 1 saturated heterocycles. The highest BCUT2D eigenvalue weighted by atomic mass is 16.5. The Morgan fingerprint density at radius 2 is 1.90 bits per heavy atom. The molecule has 2 aromatic carbocycles. The van der Waals surface area contributed by atoms with Crippen molar-refractivity contribution in [2.24, 2.45) is 0 Å². The molecule has 0 spiro atoms. The molecule has 1 unspecified atom stereocenters. The number of carbonyl (C=O) groups excluding carboxylic acids is 1. The van der Waals surface area contributed by atoms with Crippen molar-refractivity contribution in [1.82, 2.24) is 4.90 Å². The third-order valence-corrected chi connectivity index (χ3v) is 5.77. The van der Waals surface area contributed by atoms with E-state index in [9.17, 15) is 14.7 Å². The van der Waals surface area contributed by atoms with E-state index in [1.165, 1.54) is 4.90 Å². The number of carboxylic acids is 1. The van der Waals surface area contributed by atoms with Crippen LogP contribution in [0.4, 0.5) is 0 Å². The zero-order valence-electron chi connectivity index (χ0n) is 17.0. The number of carboxylic acid groups (broad SMARTS) is 1. The van der Waals surface area contributed by atoms with Crippen LogP contribution in [-0.2, 0) is 11.4 Å². The zero-order valence-corrected chi connectivity index (χ0v) is 17.0. The van der Waals surface area contributed by atoms with Crippen LogP contribution in [0.1, 0.15) is 34.7 Å². The van der Waals surface area contributed by atoms with Gasteiger partial charge in [-0.2, -0.15) is 0 Å². The number of ether oxygens (including phenoxy) is 1. The largest absolute Gasteiger partial charge is 0.489 e. The van der Waals surface area contributed by atoms with Crippen LogP contribution >= 0.6 is 0 Å². The van der Waals surface area contributed by atoms with E-state index in [0.717, 1.165) is 27.5 Å². The van der Waals surface area contributed by atoms with E-state index in [-0.39, 0.29) is 12.4 Å². The molecule has 1 fully saturated rings. The van der Waals surface area contributed by atoms with E-state index >= 15 is 0 Å². The molecule has 7 heteroatoms. The van der Waals surface area contributed by atoms with E-state index < -0.39 is 17.9 Å². The minimum atomic E-state index is -0.986. The maximum Gasteiger partial charge on any atom is 0.326 e. The summed E-state index contributed by atoms with van der Waals surface area (Å²) < 4.78 is 17.4. The average Bonchev–Trinajstić information content (AvgIpc) is 3.48. The number of hydrogen-bond donors (Lipinski definition) is 1. The van der Waals surface area contributed by atoms with Gasteiger partial charge in [0.25, 0.3) is 5.91 Å². The highest BCUT2D eigenvalue weighted by Crippen LogP contribution is 2.32. The van der Waals surface area contributed by atoms with Gasteiger partial charge in [0.2, 0.25) is 0 Å². The summed E-state index contributed by atoms with van der Waals surface area (Å²) in [5.74, 6) is 0.00758. The zero-order chi connectivity index (χ0) is 21.5. The van der Waals surface area contributed by atoms with Gasteiger partial charge in [0, 0.05) is 22.9 Å². The number of likely N-dealkylation sites (tertiary alicyclic amines) is 1. The first-order valence-electron chi connectivity index (χ1n) is 10.2. The van der Waals surface area contributed by atoms with E-state index in [4.69, 9.17) is 13.6 Å². The predicted molar refractivity (Wildman–Crippen MR) is 113 cm³/mol. The second-order valence-electron chi connectivity index (χ2n) is 7.73. The minimum Gasteiger partial charge on any atom is -0.489 e. The second-order valence-corrected chi connectivity index (χ2v) is 7.73. The number of amides is 1. The number of rotatable bonds is 5. The number of furan rings is 2. The van der Waals surface area contributed by atoms with E-state index in [0.29, 0.717) is 30.9 Å². The quantitative estimate of drug-likeness (QED) is 0.502. The lowest BCUT2D eigenvalue weighted by molar-refractivity contribution is -0.141. The van der Waals surface area contributed by atoms with Crippen molar-refractivity contribution < 1.29 is 28.3 Å². The fraction of sp³-hybridized carbons (Fsp3) is 0.250. The Hall–Kier alpha value is -3.74. The summed E-state index contributed by atoms with van der Waals surface area (Å²) >= 11 is 0. The molecule has 4 aromatic rings. The third kappa shape index (κ3) is 3.42. The van der Waals surface area contributed by atoms with E-state index in [2.05, 4.69) is 0 Å². The molecule has 5 rings (SSSR count). The van der Waals surface area contributed by atoms with Crippen LogP contribution < -0.4 is 4.74 Å². The standard InChI is InChI=1S/C24H21NO6/c1-14-15(11-22(30-14)23(26)25-10-4-6-19(25)24(27)28)13-29-16-8-9-21-18(12-16)17-5-2-3-7-20(17)31-21/h2-3,5,7-9,11-12,19H,4,6,10,13H2,1H3,(H,27,28). The smallest absolute Gasteiger partial charge is 0.326 e. The number of fused-ring (bicyclic) bond motifs is 3. The molecule has 0 saturated carbocycles. The Kier molecular flexibility index (Phi) is 4.66. The first-order valence-corrected chi connectivity index (χ1v) is 10.2. The second kappa shape index (κ2) is 7.50. The molecule has 0 aliphatic carbocycles. The number of aryl methyl sites for hydroxylation is 1. The monoisotopic (exact) mass is 419 g/mol. The normalized spacial score (nSPS) is 16.3. The molecule has 31 heavy (non-hydrogen) atoms. The first kappa shape index (κ1) is 19.2. The SMILES string of the molecule is Cc1oc(C(=O)N2CCCC2C(=O)O)cc1COc1ccc2oc3ccccc3c2c1. The third-order valence-electron chi connectivity index (χ3n) is 5.77. The van der Waals surface area contributed by atoms with Crippen molar-refractivity contribution >= 4 is 33.8 Å². The predicted octanol–water partition coefficient (Wildman–Crippen LogP) is 4.76. The van der Waals surface area contributed by atoms with Gasteiger partial charge in [-0.05, 0) is 50.1 Å². The summed E-state index contributed by atoms with van der Waals surface area (Å²) in [6, 6.07) is 14.3. The Balaban J connectivity index is 1.34. The number of aliphatic carboxylic acids is 1. The van der Waals surface area contributed by atoms with Crippen molar-refractivity contribution in [3.05, 3.63) is 65.6 Å². The molecule has 2 aromatic heterocycles. The van der Waals surface area contributed by atoms with Crippen LogP contribution in [0, 0.1) is 6.92 Å². The van der Waals surface area contributed by atoms with Crippen molar-refractivity contribution in [3.63, 3.8) is 0 Å². The van der Waals surface area contributed by atoms with Gasteiger partial charge in [-0.1, -0.05) is 18.2 Å². The van der Waals surface area contributed by atoms with Gasteiger partial charge in [0.15, 0.2) is 5.76 Å². The van der Waals surface area contributed by atoms with Crippen molar-refractivity contribution in [2.75, 3.05) is 6.54 Å². The topological polar surface area (TPSA) is 93.1 Å². The molecule has 0 radical (unpaired) electrons. The lowest BCUT2D eigenvalue weighted by atomic mass is 10.1. The summed E-state index contributed by atoms with van der Waals surface area (Å²) in [5.41, 5.74) is 2.36. The van der Waals surface area contributed by atoms with Crippen LogP contribution in [0.15, 0.2) is 57.4 Å². The van der Waals surface area contributed by atoms with Crippen LogP contribution in [0.3, 0.4) is 0 Å². The summed E-state index contributed by atoms with van der Waals surface area (Å²) in [4.78, 5) is 25.5. The molecule has 1 aliphatic rings. The van der Waals surface area contributed by atoms with Crippen LogP contribution in [-0.4, -0.2) is 34.5 Å². The summed E-state index contributed by atoms with van der Waals surface area (Å²) in [5, 5.41) is 11.3. The fourth-order valence-electron chi connectivity index (χ4n) is 4.13. The molecule has 1 N–H and O–H groups in total. The highest BCUT2D eigenvalue weighted by Gasteiger charge is 2.35. The molecule has 3 heterocycles.